The molecule has 0 spiro atoms. The molecule has 0 aliphatic carbocycles. The maximum Gasteiger partial charge on any atom is 0.228 e. The van der Waals surface area contributed by atoms with E-state index in [1.54, 1.807) is 37.9 Å². The van der Waals surface area contributed by atoms with Crippen molar-refractivity contribution < 1.29 is 9.47 Å². The molecule has 2 aromatic rings. The van der Waals surface area contributed by atoms with Gasteiger partial charge in [-0.05, 0) is 50.9 Å². The second-order valence-corrected chi connectivity index (χ2v) is 6.03. The van der Waals surface area contributed by atoms with E-state index in [0.29, 0.717) is 28.6 Å². The Morgan fingerprint density at radius 3 is 2.43 bits per heavy atom. The molecular weight excluding hydrogens is 404 g/mol. The van der Waals surface area contributed by atoms with Crippen molar-refractivity contribution in [2.75, 3.05) is 7.11 Å². The molecule has 0 radical (unpaired) electrons. The molecule has 0 amide bonds. The normalized spacial score (nSPS) is 10.5. The summed E-state index contributed by atoms with van der Waals surface area (Å²) in [5.74, 6) is 1.58. The van der Waals surface area contributed by atoms with Crippen LogP contribution in [-0.2, 0) is 7.05 Å². The fourth-order valence-electron chi connectivity index (χ4n) is 1.91. The number of methoxy groups -OCH3 is 1. The van der Waals surface area contributed by atoms with Gasteiger partial charge in [0.25, 0.3) is 0 Å². The van der Waals surface area contributed by atoms with Crippen molar-refractivity contribution in [3.8, 4) is 17.4 Å². The second-order valence-electron chi connectivity index (χ2n) is 4.32. The SMILES string of the molecule is COc1cc(Br)c(Oc2c(C(=N)N)c(C)nn2C)cc1Br. The van der Waals surface area contributed by atoms with Gasteiger partial charge in [0.15, 0.2) is 0 Å². The molecule has 1 aromatic carbocycles. The average Bonchev–Trinajstić information content (AvgIpc) is 2.68. The molecular formula is C13H14Br2N4O2. The van der Waals surface area contributed by atoms with Crippen molar-refractivity contribution in [1.82, 2.24) is 9.78 Å². The summed E-state index contributed by atoms with van der Waals surface area (Å²) >= 11 is 6.84. The van der Waals surface area contributed by atoms with Gasteiger partial charge in [0.05, 0.1) is 21.7 Å². The third kappa shape index (κ3) is 3.06. The molecule has 0 saturated heterocycles. The number of aryl methyl sites for hydroxylation is 2. The molecule has 6 nitrogen and oxygen atoms in total. The van der Waals surface area contributed by atoms with Gasteiger partial charge in [-0.25, -0.2) is 4.68 Å². The Hall–Kier alpha value is -1.54. The summed E-state index contributed by atoms with van der Waals surface area (Å²) in [6, 6.07) is 3.56. The Kier molecular flexibility index (Phi) is 4.58. The molecule has 0 bridgehead atoms. The number of rotatable bonds is 4. The number of aromatic nitrogens is 2. The second kappa shape index (κ2) is 6.07. The lowest BCUT2D eigenvalue weighted by Gasteiger charge is -2.12. The first kappa shape index (κ1) is 15.8. The highest BCUT2D eigenvalue weighted by atomic mass is 79.9. The van der Waals surface area contributed by atoms with Crippen molar-refractivity contribution >= 4 is 37.7 Å². The van der Waals surface area contributed by atoms with Gasteiger partial charge in [0.2, 0.25) is 5.88 Å². The number of nitrogen functional groups attached to an aromatic ring is 1. The van der Waals surface area contributed by atoms with Crippen LogP contribution in [0, 0.1) is 12.3 Å². The van der Waals surface area contributed by atoms with E-state index in [4.69, 9.17) is 20.6 Å². The average molecular weight is 418 g/mol. The van der Waals surface area contributed by atoms with Gasteiger partial charge in [-0.15, -0.1) is 0 Å². The van der Waals surface area contributed by atoms with Crippen molar-refractivity contribution in [2.45, 2.75) is 6.92 Å². The van der Waals surface area contributed by atoms with E-state index in [9.17, 15) is 0 Å². The highest BCUT2D eigenvalue weighted by molar-refractivity contribution is 9.11. The molecule has 21 heavy (non-hydrogen) atoms. The van der Waals surface area contributed by atoms with Crippen LogP contribution in [0.2, 0.25) is 0 Å². The van der Waals surface area contributed by atoms with Crippen LogP contribution in [0.3, 0.4) is 0 Å². The lowest BCUT2D eigenvalue weighted by molar-refractivity contribution is 0.405. The van der Waals surface area contributed by atoms with Gasteiger partial charge in [-0.2, -0.15) is 5.10 Å². The Morgan fingerprint density at radius 1 is 1.29 bits per heavy atom. The van der Waals surface area contributed by atoms with E-state index in [1.807, 2.05) is 0 Å². The number of hydrogen-bond acceptors (Lipinski definition) is 4. The van der Waals surface area contributed by atoms with Crippen LogP contribution in [0.1, 0.15) is 11.3 Å². The van der Waals surface area contributed by atoms with Crippen LogP contribution in [0.15, 0.2) is 21.1 Å². The van der Waals surface area contributed by atoms with Crippen LogP contribution in [-0.4, -0.2) is 22.7 Å². The number of halogens is 2. The number of nitrogens with two attached hydrogens (primary N) is 1. The molecule has 3 N–H and O–H groups in total. The molecule has 2 rings (SSSR count). The Labute approximate surface area is 139 Å². The topological polar surface area (TPSA) is 86.2 Å². The fraction of sp³-hybridized carbons (Fsp3) is 0.231. The zero-order chi connectivity index (χ0) is 15.7. The summed E-state index contributed by atoms with van der Waals surface area (Å²) in [5, 5.41) is 11.9. The van der Waals surface area contributed by atoms with E-state index >= 15 is 0 Å². The minimum absolute atomic E-state index is 0.0840. The number of nitrogens with zero attached hydrogens (tertiary/aromatic N) is 2. The first-order valence-electron chi connectivity index (χ1n) is 5.94. The van der Waals surface area contributed by atoms with Crippen LogP contribution < -0.4 is 15.2 Å². The van der Waals surface area contributed by atoms with E-state index < -0.39 is 0 Å². The van der Waals surface area contributed by atoms with Crippen LogP contribution in [0.25, 0.3) is 0 Å². The first-order valence-corrected chi connectivity index (χ1v) is 7.52. The van der Waals surface area contributed by atoms with Gasteiger partial charge in [0.1, 0.15) is 22.9 Å². The van der Waals surface area contributed by atoms with E-state index in [0.717, 1.165) is 8.95 Å². The molecule has 8 heteroatoms. The number of benzene rings is 1. The Morgan fingerprint density at radius 2 is 1.86 bits per heavy atom. The third-order valence-electron chi connectivity index (χ3n) is 2.85. The fourth-order valence-corrected chi connectivity index (χ4v) is 2.80. The molecule has 0 saturated carbocycles. The molecule has 0 aliphatic heterocycles. The van der Waals surface area contributed by atoms with Crippen molar-refractivity contribution in [3.05, 3.63) is 32.3 Å². The minimum atomic E-state index is -0.0840. The van der Waals surface area contributed by atoms with E-state index in [2.05, 4.69) is 37.0 Å². The zero-order valence-electron chi connectivity index (χ0n) is 11.7. The molecule has 1 heterocycles. The molecule has 0 fully saturated rings. The van der Waals surface area contributed by atoms with E-state index in [-0.39, 0.29) is 5.84 Å². The molecule has 112 valence electrons. The van der Waals surface area contributed by atoms with Gasteiger partial charge in [0, 0.05) is 7.05 Å². The number of nitrogens with one attached hydrogen (secondary N) is 1. The highest BCUT2D eigenvalue weighted by Gasteiger charge is 2.19. The summed E-state index contributed by atoms with van der Waals surface area (Å²) in [7, 11) is 3.33. The maximum absolute atomic E-state index is 7.66. The van der Waals surface area contributed by atoms with Gasteiger partial charge in [-0.1, -0.05) is 0 Å². The van der Waals surface area contributed by atoms with Crippen molar-refractivity contribution in [2.24, 2.45) is 12.8 Å². The quantitative estimate of drug-likeness (QED) is 0.590. The van der Waals surface area contributed by atoms with Crippen molar-refractivity contribution in [3.63, 3.8) is 0 Å². The number of hydrogen-bond donors (Lipinski definition) is 2. The summed E-state index contributed by atoms with van der Waals surface area (Å²) in [6.07, 6.45) is 0. The van der Waals surface area contributed by atoms with Gasteiger partial charge >= 0.3 is 0 Å². The predicted molar refractivity (Wildman–Crippen MR) is 87.4 cm³/mol. The van der Waals surface area contributed by atoms with Crippen LogP contribution in [0.4, 0.5) is 0 Å². The first-order chi connectivity index (χ1) is 9.85. The molecule has 1 aromatic heterocycles. The smallest absolute Gasteiger partial charge is 0.228 e. The summed E-state index contributed by atoms with van der Waals surface area (Å²) < 4.78 is 14.1. The molecule has 0 aliphatic rings. The number of amidine groups is 1. The Balaban J connectivity index is 2.48. The van der Waals surface area contributed by atoms with Crippen LogP contribution >= 0.6 is 31.9 Å². The van der Waals surface area contributed by atoms with Gasteiger partial charge in [-0.3, -0.25) is 5.41 Å². The molecule has 0 atom stereocenters. The van der Waals surface area contributed by atoms with Crippen molar-refractivity contribution in [1.29, 1.82) is 5.41 Å². The monoisotopic (exact) mass is 416 g/mol. The predicted octanol–water partition coefficient (Wildman–Crippen LogP) is 3.34. The zero-order valence-corrected chi connectivity index (χ0v) is 14.9. The minimum Gasteiger partial charge on any atom is -0.496 e. The highest BCUT2D eigenvalue weighted by Crippen LogP contribution is 2.39. The lowest BCUT2D eigenvalue weighted by Crippen LogP contribution is -2.13. The van der Waals surface area contributed by atoms with Gasteiger partial charge < -0.3 is 15.2 Å². The van der Waals surface area contributed by atoms with E-state index in [1.165, 1.54) is 0 Å². The number of ether oxygens (including phenoxy) is 2. The largest absolute Gasteiger partial charge is 0.496 e. The molecule has 0 unspecified atom stereocenters. The lowest BCUT2D eigenvalue weighted by atomic mass is 10.2. The summed E-state index contributed by atoms with van der Waals surface area (Å²) in [5.41, 5.74) is 6.73. The van der Waals surface area contributed by atoms with Crippen LogP contribution in [0.5, 0.6) is 17.4 Å². The standard InChI is InChI=1S/C13H14Br2N4O2/c1-6-11(12(16)17)13(19(2)18-6)21-10-5-7(14)9(20-3)4-8(10)15/h4-5H,1-3H3,(H3,16,17). The third-order valence-corrected chi connectivity index (χ3v) is 4.09. The maximum atomic E-state index is 7.66. The summed E-state index contributed by atoms with van der Waals surface area (Å²) in [4.78, 5) is 0. The Bertz CT molecular complexity index is 713. The summed E-state index contributed by atoms with van der Waals surface area (Å²) in [6.45, 7) is 1.78.